The van der Waals surface area contributed by atoms with E-state index in [2.05, 4.69) is 23.8 Å². The first-order valence-electron chi connectivity index (χ1n) is 9.13. The Kier molecular flexibility index (Phi) is 5.38. The number of pyridine rings is 1. The molecule has 0 aromatic carbocycles. The minimum Gasteiger partial charge on any atom is -0.446 e. The van der Waals surface area contributed by atoms with E-state index in [1.807, 2.05) is 12.1 Å². The van der Waals surface area contributed by atoms with Gasteiger partial charge in [-0.25, -0.2) is 4.98 Å². The normalized spacial score (nSPS) is 22.6. The fourth-order valence-corrected chi connectivity index (χ4v) is 5.84. The number of hydrogen-bond acceptors (Lipinski definition) is 8. The number of anilines is 1. The predicted molar refractivity (Wildman–Crippen MR) is 109 cm³/mol. The molecule has 0 saturated carbocycles. The summed E-state index contributed by atoms with van der Waals surface area (Å²) in [5.41, 5.74) is 7.70. The highest BCUT2D eigenvalue weighted by molar-refractivity contribution is 7.61. The first kappa shape index (κ1) is 19.3. The molecule has 0 radical (unpaired) electrons. The topological polar surface area (TPSA) is 100 Å². The standard InChI is InChI=1S/C19H22N3O4PS/c1-12(2)11-16-18(22-19(20)28-16)15-3-4-17(25-15)27(23)24-10-7-14(26-27)13-5-8-21-9-6-13/h3-6,8-9,12,14H,7,10-11H2,1-2H3,(H2,20,22)/t14-,27+/m1/s1. The largest absolute Gasteiger partial charge is 0.446 e. The average molecular weight is 419 g/mol. The van der Waals surface area contributed by atoms with Gasteiger partial charge in [-0.15, -0.1) is 11.3 Å². The Labute approximate surface area is 167 Å². The maximum Gasteiger partial charge on any atom is 0.396 e. The van der Waals surface area contributed by atoms with Crippen LogP contribution in [0.5, 0.6) is 0 Å². The third-order valence-corrected chi connectivity index (χ3v) is 7.13. The highest BCUT2D eigenvalue weighted by atomic mass is 32.1. The van der Waals surface area contributed by atoms with E-state index < -0.39 is 7.60 Å². The lowest BCUT2D eigenvalue weighted by Gasteiger charge is -2.28. The molecule has 0 unspecified atom stereocenters. The van der Waals surface area contributed by atoms with E-state index in [1.165, 1.54) is 11.3 Å². The number of hydrogen-bond donors (Lipinski definition) is 1. The van der Waals surface area contributed by atoms with E-state index in [9.17, 15) is 4.57 Å². The summed E-state index contributed by atoms with van der Waals surface area (Å²) in [6.07, 6.45) is 4.50. The molecule has 0 amide bonds. The van der Waals surface area contributed by atoms with Gasteiger partial charge in [-0.2, -0.15) is 0 Å². The molecule has 28 heavy (non-hydrogen) atoms. The van der Waals surface area contributed by atoms with Crippen molar-refractivity contribution >= 4 is 29.6 Å². The molecule has 0 spiro atoms. The highest BCUT2D eigenvalue weighted by Crippen LogP contribution is 2.55. The SMILES string of the molecule is CC(C)Cc1sc(N)nc1-c1ccc([P@]2(=O)OCC[C@H](c3ccncc3)O2)o1. The Bertz CT molecular complexity index is 1000. The minimum atomic E-state index is -3.57. The van der Waals surface area contributed by atoms with Gasteiger partial charge in [-0.05, 0) is 42.2 Å². The minimum absolute atomic E-state index is 0.184. The quantitative estimate of drug-likeness (QED) is 0.604. The van der Waals surface area contributed by atoms with Gasteiger partial charge in [0.1, 0.15) is 5.69 Å². The molecule has 1 fully saturated rings. The van der Waals surface area contributed by atoms with Crippen LogP contribution < -0.4 is 11.2 Å². The lowest BCUT2D eigenvalue weighted by atomic mass is 10.1. The van der Waals surface area contributed by atoms with E-state index in [0.29, 0.717) is 35.5 Å². The summed E-state index contributed by atoms with van der Waals surface area (Å²) in [6, 6.07) is 7.09. The van der Waals surface area contributed by atoms with Crippen molar-refractivity contribution < 1.29 is 18.0 Å². The van der Waals surface area contributed by atoms with Gasteiger partial charge in [-0.1, -0.05) is 13.8 Å². The zero-order valence-corrected chi connectivity index (χ0v) is 17.4. The number of thiazole rings is 1. The summed E-state index contributed by atoms with van der Waals surface area (Å²) in [5.74, 6) is 0.976. The number of aromatic nitrogens is 2. The predicted octanol–water partition coefficient (Wildman–Crippen LogP) is 4.58. The summed E-state index contributed by atoms with van der Waals surface area (Å²) < 4.78 is 30.6. The lowest BCUT2D eigenvalue weighted by molar-refractivity contribution is 0.0854. The molecule has 0 aliphatic carbocycles. The monoisotopic (exact) mass is 419 g/mol. The summed E-state index contributed by atoms with van der Waals surface area (Å²) in [6.45, 7) is 4.59. The smallest absolute Gasteiger partial charge is 0.396 e. The Hall–Kier alpha value is -1.99. The van der Waals surface area contributed by atoms with Crippen molar-refractivity contribution in [1.82, 2.24) is 9.97 Å². The number of rotatable bonds is 5. The molecule has 1 aliphatic rings. The van der Waals surface area contributed by atoms with E-state index >= 15 is 0 Å². The first-order chi connectivity index (χ1) is 13.4. The third-order valence-electron chi connectivity index (χ3n) is 4.39. The van der Waals surface area contributed by atoms with Gasteiger partial charge < -0.3 is 14.7 Å². The van der Waals surface area contributed by atoms with Crippen LogP contribution in [0.2, 0.25) is 0 Å². The van der Waals surface area contributed by atoms with Gasteiger partial charge in [0.25, 0.3) is 0 Å². The van der Waals surface area contributed by atoms with Crippen LogP contribution in [0.25, 0.3) is 11.5 Å². The molecule has 4 rings (SSSR count). The van der Waals surface area contributed by atoms with Gasteiger partial charge in [0.05, 0.1) is 12.7 Å². The first-order valence-corrected chi connectivity index (χ1v) is 11.5. The van der Waals surface area contributed by atoms with E-state index in [0.717, 1.165) is 16.9 Å². The maximum absolute atomic E-state index is 13.3. The lowest BCUT2D eigenvalue weighted by Crippen LogP contribution is -2.19. The van der Waals surface area contributed by atoms with Crippen LogP contribution >= 0.6 is 18.9 Å². The molecule has 148 valence electrons. The second-order valence-corrected chi connectivity index (χ2v) is 10.1. The van der Waals surface area contributed by atoms with Gasteiger partial charge in [0.2, 0.25) is 5.50 Å². The Morgan fingerprint density at radius 3 is 2.82 bits per heavy atom. The maximum atomic E-state index is 13.3. The van der Waals surface area contributed by atoms with Crippen molar-refractivity contribution in [3.63, 3.8) is 0 Å². The van der Waals surface area contributed by atoms with Crippen molar-refractivity contribution in [2.45, 2.75) is 32.8 Å². The van der Waals surface area contributed by atoms with Crippen LogP contribution in [-0.4, -0.2) is 16.6 Å². The Balaban J connectivity index is 1.61. The second kappa shape index (κ2) is 7.79. The van der Waals surface area contributed by atoms with Crippen LogP contribution in [0, 0.1) is 5.92 Å². The summed E-state index contributed by atoms with van der Waals surface area (Å²) in [4.78, 5) is 9.46. The van der Waals surface area contributed by atoms with Crippen molar-refractivity contribution in [3.05, 3.63) is 47.1 Å². The van der Waals surface area contributed by atoms with Crippen molar-refractivity contribution in [3.8, 4) is 11.5 Å². The average Bonchev–Trinajstić information content (AvgIpc) is 3.29. The molecular formula is C19H22N3O4PS. The van der Waals surface area contributed by atoms with E-state index in [-0.39, 0.29) is 11.6 Å². The zero-order valence-electron chi connectivity index (χ0n) is 15.7. The fourth-order valence-electron chi connectivity index (χ4n) is 3.13. The second-order valence-electron chi connectivity index (χ2n) is 7.05. The Morgan fingerprint density at radius 1 is 1.29 bits per heavy atom. The van der Waals surface area contributed by atoms with Crippen molar-refractivity contribution in [2.75, 3.05) is 12.3 Å². The molecule has 1 aliphatic heterocycles. The molecule has 3 aromatic rings. The Morgan fingerprint density at radius 2 is 2.07 bits per heavy atom. The molecular weight excluding hydrogens is 397 g/mol. The van der Waals surface area contributed by atoms with Crippen LogP contribution in [0.15, 0.2) is 41.1 Å². The summed E-state index contributed by atoms with van der Waals surface area (Å²) >= 11 is 1.45. The molecule has 2 N–H and O–H groups in total. The zero-order chi connectivity index (χ0) is 19.7. The molecule has 2 atom stereocenters. The van der Waals surface area contributed by atoms with Crippen molar-refractivity contribution in [1.29, 1.82) is 0 Å². The molecule has 7 nitrogen and oxygen atoms in total. The number of nitrogens with zero attached hydrogens (tertiary/aromatic N) is 2. The van der Waals surface area contributed by atoms with Gasteiger partial charge in [-0.3, -0.25) is 14.1 Å². The molecule has 9 heteroatoms. The molecule has 3 aromatic heterocycles. The number of furan rings is 1. The van der Waals surface area contributed by atoms with Gasteiger partial charge >= 0.3 is 7.60 Å². The molecule has 0 bridgehead atoms. The summed E-state index contributed by atoms with van der Waals surface area (Å²) in [5, 5.41) is 0.484. The van der Waals surface area contributed by atoms with Crippen LogP contribution in [0.3, 0.4) is 0 Å². The third kappa shape index (κ3) is 3.91. The number of nitrogen functional groups attached to an aromatic ring is 1. The fraction of sp³-hybridized carbons (Fsp3) is 0.368. The van der Waals surface area contributed by atoms with E-state index in [4.69, 9.17) is 19.2 Å². The van der Waals surface area contributed by atoms with Crippen molar-refractivity contribution in [2.24, 2.45) is 5.92 Å². The van der Waals surface area contributed by atoms with Crippen LogP contribution in [0.4, 0.5) is 5.13 Å². The molecule has 4 heterocycles. The number of nitrogens with two attached hydrogens (primary N) is 1. The van der Waals surface area contributed by atoms with Crippen LogP contribution in [-0.2, 0) is 20.0 Å². The summed E-state index contributed by atoms with van der Waals surface area (Å²) in [7, 11) is -3.57. The van der Waals surface area contributed by atoms with Crippen LogP contribution in [0.1, 0.15) is 36.8 Å². The molecule has 1 saturated heterocycles. The van der Waals surface area contributed by atoms with Gasteiger partial charge in [0.15, 0.2) is 10.9 Å². The van der Waals surface area contributed by atoms with Gasteiger partial charge in [0, 0.05) is 23.7 Å². The highest BCUT2D eigenvalue weighted by Gasteiger charge is 2.39. The van der Waals surface area contributed by atoms with E-state index in [1.54, 1.807) is 24.5 Å².